The van der Waals surface area contributed by atoms with Gasteiger partial charge in [0.15, 0.2) is 0 Å². The van der Waals surface area contributed by atoms with Crippen LogP contribution in [0.15, 0.2) is 34.1 Å². The Morgan fingerprint density at radius 2 is 2.14 bits per heavy atom. The van der Waals surface area contributed by atoms with Crippen molar-refractivity contribution in [1.29, 1.82) is 0 Å². The Hall–Kier alpha value is -0.550. The van der Waals surface area contributed by atoms with Gasteiger partial charge in [-0.1, -0.05) is 31.5 Å². The van der Waals surface area contributed by atoms with Crippen molar-refractivity contribution in [1.82, 2.24) is 5.32 Å². The average Bonchev–Trinajstić information content (AvgIpc) is 2.89. The molecule has 1 heterocycles. The summed E-state index contributed by atoms with van der Waals surface area (Å²) in [7, 11) is 0. The van der Waals surface area contributed by atoms with Gasteiger partial charge in [0, 0.05) is 4.88 Å². The molecule has 2 rings (SSSR count). The Balaban J connectivity index is 2.29. The molecule has 0 saturated heterocycles. The van der Waals surface area contributed by atoms with E-state index < -0.39 is 0 Å². The van der Waals surface area contributed by atoms with Gasteiger partial charge in [0.25, 0.3) is 0 Å². The van der Waals surface area contributed by atoms with E-state index in [-0.39, 0.29) is 6.04 Å². The molecule has 1 aromatic heterocycles. The van der Waals surface area contributed by atoms with E-state index in [1.165, 1.54) is 5.56 Å². The molecule has 0 aliphatic heterocycles. The van der Waals surface area contributed by atoms with Gasteiger partial charge < -0.3 is 10.1 Å². The molecule has 1 atom stereocenters. The van der Waals surface area contributed by atoms with E-state index in [4.69, 9.17) is 16.3 Å². The third kappa shape index (κ3) is 4.22. The molecule has 1 unspecified atom stereocenters. The topological polar surface area (TPSA) is 21.3 Å². The molecule has 0 radical (unpaired) electrons. The molecular weight excluding hydrogens is 370 g/mol. The van der Waals surface area contributed by atoms with E-state index in [1.807, 2.05) is 17.5 Å². The van der Waals surface area contributed by atoms with Gasteiger partial charge in [-0.15, -0.1) is 11.3 Å². The first-order chi connectivity index (χ1) is 10.2. The van der Waals surface area contributed by atoms with Gasteiger partial charge >= 0.3 is 0 Å². The fraction of sp³-hybridized carbons (Fsp3) is 0.375. The third-order valence-electron chi connectivity index (χ3n) is 3.07. The summed E-state index contributed by atoms with van der Waals surface area (Å²) < 4.78 is 6.68. The van der Waals surface area contributed by atoms with E-state index in [9.17, 15) is 0 Å². The first-order valence-electron chi connectivity index (χ1n) is 7.05. The van der Waals surface area contributed by atoms with Crippen LogP contribution in [0.1, 0.15) is 36.8 Å². The van der Waals surface area contributed by atoms with Crippen LogP contribution in [0.3, 0.4) is 0 Å². The second-order valence-electron chi connectivity index (χ2n) is 4.66. The number of halogens is 2. The molecule has 0 aliphatic rings. The minimum absolute atomic E-state index is 0.110. The monoisotopic (exact) mass is 387 g/mol. The van der Waals surface area contributed by atoms with Crippen molar-refractivity contribution < 1.29 is 4.74 Å². The Morgan fingerprint density at radius 3 is 2.71 bits per heavy atom. The molecule has 0 fully saturated rings. The number of benzene rings is 1. The van der Waals surface area contributed by atoms with Crippen molar-refractivity contribution in [2.75, 3.05) is 13.2 Å². The summed E-state index contributed by atoms with van der Waals surface area (Å²) in [5.41, 5.74) is 1.18. The average molecular weight is 389 g/mol. The van der Waals surface area contributed by atoms with Crippen LogP contribution in [0.4, 0.5) is 0 Å². The van der Waals surface area contributed by atoms with Crippen LogP contribution in [0.2, 0.25) is 5.02 Å². The Morgan fingerprint density at radius 1 is 1.33 bits per heavy atom. The quantitative estimate of drug-likeness (QED) is 0.661. The lowest BCUT2D eigenvalue weighted by atomic mass is 10.1. The van der Waals surface area contributed by atoms with Gasteiger partial charge in [-0.25, -0.2) is 0 Å². The summed E-state index contributed by atoms with van der Waals surface area (Å²) in [6.07, 6.45) is 0.999. The molecule has 2 nitrogen and oxygen atoms in total. The Bertz CT molecular complexity index is 587. The number of rotatable bonds is 7. The predicted molar refractivity (Wildman–Crippen MR) is 94.8 cm³/mol. The largest absolute Gasteiger partial charge is 0.492 e. The summed E-state index contributed by atoms with van der Waals surface area (Å²) in [5, 5.41) is 6.33. The minimum Gasteiger partial charge on any atom is -0.492 e. The lowest BCUT2D eigenvalue weighted by molar-refractivity contribution is 0.315. The Kier molecular flexibility index (Phi) is 6.55. The van der Waals surface area contributed by atoms with Gasteiger partial charge in [0.1, 0.15) is 5.75 Å². The second kappa shape index (κ2) is 8.18. The molecular formula is C16H19BrClNOS. The molecule has 21 heavy (non-hydrogen) atoms. The standard InChI is InChI=1S/C16H19BrClNOS/c1-3-8-20-14-6-5-11(10-12(14)17)15(19-4-2)16-13(18)7-9-21-16/h5-7,9-10,15,19H,3-4,8H2,1-2H3. The maximum absolute atomic E-state index is 6.29. The van der Waals surface area contributed by atoms with E-state index in [2.05, 4.69) is 47.2 Å². The molecule has 1 aromatic carbocycles. The predicted octanol–water partition coefficient (Wildman–Crippen LogP) is 5.65. The fourth-order valence-electron chi connectivity index (χ4n) is 2.10. The molecule has 0 saturated carbocycles. The normalized spacial score (nSPS) is 12.4. The maximum atomic E-state index is 6.29. The van der Waals surface area contributed by atoms with Crippen molar-refractivity contribution in [3.63, 3.8) is 0 Å². The summed E-state index contributed by atoms with van der Waals surface area (Å²) in [5.74, 6) is 0.883. The highest BCUT2D eigenvalue weighted by Gasteiger charge is 2.18. The lowest BCUT2D eigenvalue weighted by Gasteiger charge is -2.19. The fourth-order valence-corrected chi connectivity index (χ4v) is 3.88. The molecule has 0 aliphatic carbocycles. The number of hydrogen-bond donors (Lipinski definition) is 1. The summed E-state index contributed by atoms with van der Waals surface area (Å²) >= 11 is 11.6. The van der Waals surface area contributed by atoms with Crippen LogP contribution in [-0.2, 0) is 0 Å². The number of hydrogen-bond acceptors (Lipinski definition) is 3. The molecule has 114 valence electrons. The zero-order valence-corrected chi connectivity index (χ0v) is 15.3. The van der Waals surface area contributed by atoms with Crippen molar-refractivity contribution in [2.45, 2.75) is 26.3 Å². The van der Waals surface area contributed by atoms with E-state index in [0.717, 1.165) is 39.7 Å². The van der Waals surface area contributed by atoms with Crippen LogP contribution in [-0.4, -0.2) is 13.2 Å². The van der Waals surface area contributed by atoms with Crippen LogP contribution in [0.25, 0.3) is 0 Å². The second-order valence-corrected chi connectivity index (χ2v) is 6.87. The first-order valence-corrected chi connectivity index (χ1v) is 9.11. The number of ether oxygens (including phenoxy) is 1. The van der Waals surface area contributed by atoms with Crippen LogP contribution >= 0.6 is 38.9 Å². The van der Waals surface area contributed by atoms with Gasteiger partial charge in [0.05, 0.1) is 22.1 Å². The molecule has 0 spiro atoms. The molecule has 0 amide bonds. The zero-order valence-electron chi connectivity index (χ0n) is 12.2. The Labute approximate surface area is 143 Å². The van der Waals surface area contributed by atoms with Gasteiger partial charge in [-0.05, 0) is 58.0 Å². The highest BCUT2D eigenvalue weighted by atomic mass is 79.9. The van der Waals surface area contributed by atoms with Crippen LogP contribution in [0, 0.1) is 0 Å². The van der Waals surface area contributed by atoms with Crippen molar-refractivity contribution in [2.24, 2.45) is 0 Å². The summed E-state index contributed by atoms with van der Waals surface area (Å²) in [6.45, 7) is 5.81. The number of nitrogens with one attached hydrogen (secondary N) is 1. The smallest absolute Gasteiger partial charge is 0.133 e. The highest BCUT2D eigenvalue weighted by molar-refractivity contribution is 9.10. The highest BCUT2D eigenvalue weighted by Crippen LogP contribution is 2.36. The van der Waals surface area contributed by atoms with Crippen LogP contribution in [0.5, 0.6) is 5.75 Å². The van der Waals surface area contributed by atoms with E-state index in [1.54, 1.807) is 11.3 Å². The van der Waals surface area contributed by atoms with Gasteiger partial charge in [-0.2, -0.15) is 0 Å². The minimum atomic E-state index is 0.110. The SMILES string of the molecule is CCCOc1ccc(C(NCC)c2sccc2Cl)cc1Br. The van der Waals surface area contributed by atoms with Gasteiger partial charge in [-0.3, -0.25) is 0 Å². The molecule has 5 heteroatoms. The third-order valence-corrected chi connectivity index (χ3v) is 5.11. The first kappa shape index (κ1) is 16.8. The summed E-state index contributed by atoms with van der Waals surface area (Å²) in [4.78, 5) is 1.15. The maximum Gasteiger partial charge on any atom is 0.133 e. The zero-order chi connectivity index (χ0) is 15.2. The van der Waals surface area contributed by atoms with Gasteiger partial charge in [0.2, 0.25) is 0 Å². The molecule has 1 N–H and O–H groups in total. The van der Waals surface area contributed by atoms with Crippen molar-refractivity contribution in [3.8, 4) is 5.75 Å². The van der Waals surface area contributed by atoms with Crippen LogP contribution < -0.4 is 10.1 Å². The molecule has 0 bridgehead atoms. The molecule has 2 aromatic rings. The number of thiophene rings is 1. The van der Waals surface area contributed by atoms with Crippen molar-refractivity contribution >= 4 is 38.9 Å². The lowest BCUT2D eigenvalue weighted by Crippen LogP contribution is -2.21. The van der Waals surface area contributed by atoms with E-state index >= 15 is 0 Å². The van der Waals surface area contributed by atoms with E-state index in [0.29, 0.717) is 0 Å². The van der Waals surface area contributed by atoms with Crippen molar-refractivity contribution in [3.05, 3.63) is 49.6 Å². The summed E-state index contributed by atoms with van der Waals surface area (Å²) in [6, 6.07) is 8.27.